The summed E-state index contributed by atoms with van der Waals surface area (Å²) in [5.74, 6) is -0.422. The molecule has 0 saturated heterocycles. The predicted octanol–water partition coefficient (Wildman–Crippen LogP) is 4.48. The third-order valence-corrected chi connectivity index (χ3v) is 6.33. The van der Waals surface area contributed by atoms with Crippen LogP contribution in [0.3, 0.4) is 0 Å². The van der Waals surface area contributed by atoms with E-state index in [2.05, 4.69) is 5.32 Å². The zero-order chi connectivity index (χ0) is 20.9. The van der Waals surface area contributed by atoms with E-state index in [1.54, 1.807) is 72.8 Å². The van der Waals surface area contributed by atoms with Crippen LogP contribution >= 0.6 is 11.6 Å². The molecule has 3 aromatic rings. The topological polar surface area (TPSA) is 66.5 Å². The van der Waals surface area contributed by atoms with Crippen molar-refractivity contribution in [3.8, 4) is 0 Å². The van der Waals surface area contributed by atoms with E-state index in [1.807, 2.05) is 13.0 Å². The molecule has 7 heteroatoms. The highest BCUT2D eigenvalue weighted by Crippen LogP contribution is 2.21. The molecule has 0 aliphatic heterocycles. The standard InChI is InChI=1S/C22H21ClN2O3S/c1-17-10-12-21(13-11-17)29(27,28)25(15-18-6-5-7-19(23)14-18)16-22(26)24-20-8-3-2-4-9-20/h2-14H,15-16H2,1H3,(H,24,26). The molecule has 29 heavy (non-hydrogen) atoms. The summed E-state index contributed by atoms with van der Waals surface area (Å²) in [4.78, 5) is 12.7. The molecule has 0 spiro atoms. The first-order valence-corrected chi connectivity index (χ1v) is 10.8. The highest BCUT2D eigenvalue weighted by molar-refractivity contribution is 7.89. The Labute approximate surface area is 176 Å². The minimum Gasteiger partial charge on any atom is -0.325 e. The summed E-state index contributed by atoms with van der Waals surface area (Å²) in [6.45, 7) is 1.59. The molecule has 0 aliphatic carbocycles. The average Bonchev–Trinajstić information content (AvgIpc) is 2.68. The van der Waals surface area contributed by atoms with Crippen LogP contribution in [0.15, 0.2) is 83.8 Å². The number of benzene rings is 3. The molecule has 0 aromatic heterocycles. The molecule has 0 bridgehead atoms. The van der Waals surface area contributed by atoms with Crippen molar-refractivity contribution < 1.29 is 13.2 Å². The van der Waals surface area contributed by atoms with Crippen LogP contribution in [0.1, 0.15) is 11.1 Å². The van der Waals surface area contributed by atoms with Gasteiger partial charge in [-0.05, 0) is 48.9 Å². The monoisotopic (exact) mass is 428 g/mol. The number of carbonyl (C=O) groups is 1. The van der Waals surface area contributed by atoms with Gasteiger partial charge in [0.25, 0.3) is 0 Å². The number of carbonyl (C=O) groups excluding carboxylic acids is 1. The van der Waals surface area contributed by atoms with Crippen LogP contribution in [-0.2, 0) is 21.4 Å². The number of sulfonamides is 1. The fraction of sp³-hybridized carbons (Fsp3) is 0.136. The molecule has 0 atom stereocenters. The SMILES string of the molecule is Cc1ccc(S(=O)(=O)N(CC(=O)Nc2ccccc2)Cc2cccc(Cl)c2)cc1. The van der Waals surface area contributed by atoms with Gasteiger partial charge in [-0.1, -0.05) is 59.6 Å². The summed E-state index contributed by atoms with van der Waals surface area (Å²) >= 11 is 6.04. The third-order valence-electron chi connectivity index (χ3n) is 4.28. The summed E-state index contributed by atoms with van der Waals surface area (Å²) in [6.07, 6.45) is 0. The molecule has 150 valence electrons. The van der Waals surface area contributed by atoms with Crippen molar-refractivity contribution in [3.63, 3.8) is 0 Å². The number of anilines is 1. The van der Waals surface area contributed by atoms with Gasteiger partial charge in [-0.3, -0.25) is 4.79 Å². The van der Waals surface area contributed by atoms with Crippen LogP contribution in [0.25, 0.3) is 0 Å². The number of halogens is 1. The Morgan fingerprint density at radius 3 is 2.31 bits per heavy atom. The van der Waals surface area contributed by atoms with Crippen molar-refractivity contribution in [1.29, 1.82) is 0 Å². The van der Waals surface area contributed by atoms with E-state index in [0.717, 1.165) is 9.87 Å². The van der Waals surface area contributed by atoms with Crippen LogP contribution < -0.4 is 5.32 Å². The largest absolute Gasteiger partial charge is 0.325 e. The smallest absolute Gasteiger partial charge is 0.243 e. The number of nitrogens with one attached hydrogen (secondary N) is 1. The van der Waals surface area contributed by atoms with Crippen molar-refractivity contribution in [2.75, 3.05) is 11.9 Å². The van der Waals surface area contributed by atoms with Crippen molar-refractivity contribution in [3.05, 3.63) is 95.0 Å². The summed E-state index contributed by atoms with van der Waals surface area (Å²) in [7, 11) is -3.89. The second-order valence-electron chi connectivity index (χ2n) is 6.63. The van der Waals surface area contributed by atoms with Crippen molar-refractivity contribution >= 4 is 33.2 Å². The van der Waals surface area contributed by atoms with E-state index in [-0.39, 0.29) is 18.0 Å². The average molecular weight is 429 g/mol. The molecule has 0 unspecified atom stereocenters. The third kappa shape index (κ3) is 5.67. The van der Waals surface area contributed by atoms with E-state index < -0.39 is 15.9 Å². The lowest BCUT2D eigenvalue weighted by Crippen LogP contribution is -2.37. The molecular formula is C22H21ClN2O3S. The Morgan fingerprint density at radius 2 is 1.66 bits per heavy atom. The molecule has 0 aliphatic rings. The van der Waals surface area contributed by atoms with Crippen LogP contribution in [-0.4, -0.2) is 25.2 Å². The van der Waals surface area contributed by atoms with Crippen molar-refractivity contribution in [2.24, 2.45) is 0 Å². The molecular weight excluding hydrogens is 408 g/mol. The van der Waals surface area contributed by atoms with Gasteiger partial charge in [0.2, 0.25) is 15.9 Å². The highest BCUT2D eigenvalue weighted by Gasteiger charge is 2.27. The van der Waals surface area contributed by atoms with E-state index in [9.17, 15) is 13.2 Å². The molecule has 0 fully saturated rings. The van der Waals surface area contributed by atoms with Crippen LogP contribution in [0.2, 0.25) is 5.02 Å². The lowest BCUT2D eigenvalue weighted by molar-refractivity contribution is -0.116. The second-order valence-corrected chi connectivity index (χ2v) is 9.00. The Morgan fingerprint density at radius 1 is 0.966 bits per heavy atom. The normalized spacial score (nSPS) is 11.4. The first-order valence-electron chi connectivity index (χ1n) is 9.01. The lowest BCUT2D eigenvalue weighted by Gasteiger charge is -2.22. The fourth-order valence-corrected chi connectivity index (χ4v) is 4.40. The van der Waals surface area contributed by atoms with Crippen molar-refractivity contribution in [1.82, 2.24) is 4.31 Å². The van der Waals surface area contributed by atoms with E-state index in [4.69, 9.17) is 11.6 Å². The highest BCUT2D eigenvalue weighted by atomic mass is 35.5. The van der Waals surface area contributed by atoms with Gasteiger partial charge in [0.15, 0.2) is 0 Å². The molecule has 0 heterocycles. The molecule has 3 aromatic carbocycles. The number of hydrogen-bond donors (Lipinski definition) is 1. The molecule has 1 N–H and O–H groups in total. The number of amides is 1. The molecule has 0 saturated carbocycles. The van der Waals surface area contributed by atoms with Crippen molar-refractivity contribution in [2.45, 2.75) is 18.4 Å². The van der Waals surface area contributed by atoms with Gasteiger partial charge in [-0.15, -0.1) is 0 Å². The summed E-state index contributed by atoms with van der Waals surface area (Å²) in [6, 6.07) is 22.4. The fourth-order valence-electron chi connectivity index (χ4n) is 2.81. The minimum atomic E-state index is -3.89. The molecule has 0 radical (unpaired) electrons. The minimum absolute atomic E-state index is 0.0268. The number of rotatable bonds is 7. The maximum absolute atomic E-state index is 13.2. The Hall–Kier alpha value is -2.67. The van der Waals surface area contributed by atoms with Gasteiger partial charge in [-0.2, -0.15) is 4.31 Å². The first-order chi connectivity index (χ1) is 13.8. The Balaban J connectivity index is 1.88. The van der Waals surface area contributed by atoms with Gasteiger partial charge < -0.3 is 5.32 Å². The quantitative estimate of drug-likeness (QED) is 0.603. The van der Waals surface area contributed by atoms with Gasteiger partial charge in [0.05, 0.1) is 11.4 Å². The first kappa shape index (κ1) is 21.0. The Kier molecular flexibility index (Phi) is 6.69. The maximum atomic E-state index is 13.2. The van der Waals surface area contributed by atoms with Crippen LogP contribution in [0.5, 0.6) is 0 Å². The van der Waals surface area contributed by atoms with E-state index >= 15 is 0 Å². The van der Waals surface area contributed by atoms with E-state index in [0.29, 0.717) is 16.3 Å². The summed E-state index contributed by atoms with van der Waals surface area (Å²) in [5, 5.41) is 3.23. The van der Waals surface area contributed by atoms with Crippen LogP contribution in [0.4, 0.5) is 5.69 Å². The number of nitrogens with zero attached hydrogens (tertiary/aromatic N) is 1. The summed E-state index contributed by atoms with van der Waals surface area (Å²) < 4.78 is 27.6. The Bertz CT molecular complexity index is 1080. The summed E-state index contributed by atoms with van der Waals surface area (Å²) in [5.41, 5.74) is 2.25. The van der Waals surface area contributed by atoms with Gasteiger partial charge in [-0.25, -0.2) is 8.42 Å². The zero-order valence-corrected chi connectivity index (χ0v) is 17.5. The van der Waals surface area contributed by atoms with Gasteiger partial charge in [0, 0.05) is 17.3 Å². The van der Waals surface area contributed by atoms with E-state index in [1.165, 1.54) is 0 Å². The number of hydrogen-bond acceptors (Lipinski definition) is 3. The van der Waals surface area contributed by atoms with Gasteiger partial charge >= 0.3 is 0 Å². The predicted molar refractivity (Wildman–Crippen MR) is 115 cm³/mol. The lowest BCUT2D eigenvalue weighted by atomic mass is 10.2. The molecule has 1 amide bonds. The number of para-hydroxylation sites is 1. The molecule has 3 rings (SSSR count). The molecule has 5 nitrogen and oxygen atoms in total. The maximum Gasteiger partial charge on any atom is 0.243 e. The van der Waals surface area contributed by atoms with Crippen LogP contribution in [0, 0.1) is 6.92 Å². The van der Waals surface area contributed by atoms with Gasteiger partial charge in [0.1, 0.15) is 0 Å². The second kappa shape index (κ2) is 9.22. The number of aryl methyl sites for hydroxylation is 1. The zero-order valence-electron chi connectivity index (χ0n) is 15.9.